The van der Waals surface area contributed by atoms with Gasteiger partial charge in [-0.05, 0) is 62.8 Å². The molecule has 104 valence electrons. The Labute approximate surface area is 116 Å². The number of ether oxygens (including phenoxy) is 1. The van der Waals surface area contributed by atoms with Crippen LogP contribution in [0.1, 0.15) is 49.3 Å². The first-order chi connectivity index (χ1) is 9.36. The molecule has 1 unspecified atom stereocenters. The monoisotopic (exact) mass is 259 g/mol. The van der Waals surface area contributed by atoms with Crippen LogP contribution in [0.15, 0.2) is 30.9 Å². The van der Waals surface area contributed by atoms with Crippen LogP contribution in [-0.4, -0.2) is 13.7 Å². The minimum atomic E-state index is 0.506. The molecule has 0 fully saturated rings. The van der Waals surface area contributed by atoms with E-state index in [2.05, 4.69) is 30.1 Å². The number of unbranched alkanes of at least 4 members (excludes halogenated alkanes) is 3. The van der Waals surface area contributed by atoms with Crippen LogP contribution in [0.25, 0.3) is 0 Å². The lowest BCUT2D eigenvalue weighted by Crippen LogP contribution is -2.12. The van der Waals surface area contributed by atoms with Crippen LogP contribution in [0.4, 0.5) is 0 Å². The van der Waals surface area contributed by atoms with E-state index in [4.69, 9.17) is 4.74 Å². The van der Waals surface area contributed by atoms with Crippen molar-refractivity contribution in [3.8, 4) is 5.75 Å². The first-order valence-electron chi connectivity index (χ1n) is 7.39. The zero-order valence-corrected chi connectivity index (χ0v) is 12.0. The molecule has 0 radical (unpaired) electrons. The molecule has 1 atom stereocenters. The van der Waals surface area contributed by atoms with E-state index < -0.39 is 0 Å². The van der Waals surface area contributed by atoms with Gasteiger partial charge in [-0.15, -0.1) is 6.58 Å². The summed E-state index contributed by atoms with van der Waals surface area (Å²) in [4.78, 5) is 0. The van der Waals surface area contributed by atoms with E-state index in [9.17, 15) is 0 Å². The van der Waals surface area contributed by atoms with E-state index in [1.54, 1.807) is 0 Å². The smallest absolute Gasteiger partial charge is 0.122 e. The number of nitrogens with one attached hydrogen (secondary N) is 1. The van der Waals surface area contributed by atoms with Gasteiger partial charge >= 0.3 is 0 Å². The molecule has 2 rings (SSSR count). The molecular weight excluding hydrogens is 234 g/mol. The van der Waals surface area contributed by atoms with Crippen LogP contribution in [0.2, 0.25) is 0 Å². The molecule has 0 saturated heterocycles. The van der Waals surface area contributed by atoms with E-state index in [1.165, 1.54) is 30.4 Å². The quantitative estimate of drug-likeness (QED) is 0.562. The summed E-state index contributed by atoms with van der Waals surface area (Å²) < 4.78 is 5.97. The van der Waals surface area contributed by atoms with Gasteiger partial charge in [-0.2, -0.15) is 0 Å². The van der Waals surface area contributed by atoms with Gasteiger partial charge in [0.2, 0.25) is 0 Å². The number of rotatable bonds is 8. The second-order valence-electron chi connectivity index (χ2n) is 5.19. The van der Waals surface area contributed by atoms with Crippen molar-refractivity contribution in [2.45, 2.75) is 44.6 Å². The van der Waals surface area contributed by atoms with Gasteiger partial charge in [0.25, 0.3) is 0 Å². The fourth-order valence-corrected chi connectivity index (χ4v) is 2.81. The topological polar surface area (TPSA) is 21.3 Å². The molecule has 0 saturated carbocycles. The molecule has 1 aliphatic carbocycles. The molecule has 2 nitrogen and oxygen atoms in total. The molecule has 0 aromatic heterocycles. The van der Waals surface area contributed by atoms with Crippen LogP contribution in [0.5, 0.6) is 5.75 Å². The first kappa shape index (κ1) is 14.1. The maximum absolute atomic E-state index is 5.97. The van der Waals surface area contributed by atoms with E-state index in [1.807, 2.05) is 13.1 Å². The lowest BCUT2D eigenvalue weighted by molar-refractivity contribution is 0.303. The first-order valence-corrected chi connectivity index (χ1v) is 7.39. The Bertz CT molecular complexity index is 414. The molecule has 1 aromatic rings. The van der Waals surface area contributed by atoms with E-state index >= 15 is 0 Å². The Kier molecular flexibility index (Phi) is 5.46. The van der Waals surface area contributed by atoms with Crippen molar-refractivity contribution in [1.82, 2.24) is 5.32 Å². The molecule has 0 bridgehead atoms. The zero-order valence-electron chi connectivity index (χ0n) is 12.0. The van der Waals surface area contributed by atoms with Gasteiger partial charge in [-0.1, -0.05) is 18.2 Å². The Hall–Kier alpha value is -1.28. The lowest BCUT2D eigenvalue weighted by atomic mass is 10.1. The maximum Gasteiger partial charge on any atom is 0.122 e. The van der Waals surface area contributed by atoms with Crippen LogP contribution in [-0.2, 0) is 6.42 Å². The van der Waals surface area contributed by atoms with Crippen LogP contribution < -0.4 is 10.1 Å². The Morgan fingerprint density at radius 2 is 2.26 bits per heavy atom. The summed E-state index contributed by atoms with van der Waals surface area (Å²) >= 11 is 0. The molecular formula is C17H25NO. The molecule has 1 N–H and O–H groups in total. The molecule has 0 heterocycles. The summed E-state index contributed by atoms with van der Waals surface area (Å²) in [6.45, 7) is 4.57. The predicted octanol–water partition coefficient (Wildman–Crippen LogP) is 4.02. The molecule has 0 spiro atoms. The van der Waals surface area contributed by atoms with Crippen molar-refractivity contribution in [3.63, 3.8) is 0 Å². The normalized spacial score (nSPS) is 17.2. The minimum absolute atomic E-state index is 0.506. The summed E-state index contributed by atoms with van der Waals surface area (Å²) in [6.07, 6.45) is 9.00. The Balaban J connectivity index is 1.85. The molecule has 0 aliphatic heterocycles. The summed E-state index contributed by atoms with van der Waals surface area (Å²) in [6, 6.07) is 6.95. The molecule has 0 amide bonds. The SMILES string of the molecule is C=CCCCCCOc1cccc2c1CCC2NC. The number of hydrogen-bond donors (Lipinski definition) is 1. The Morgan fingerprint density at radius 1 is 1.37 bits per heavy atom. The van der Waals surface area contributed by atoms with Crippen LogP contribution in [0.3, 0.4) is 0 Å². The van der Waals surface area contributed by atoms with Crippen molar-refractivity contribution in [2.75, 3.05) is 13.7 Å². The largest absolute Gasteiger partial charge is 0.493 e. The maximum atomic E-state index is 5.97. The summed E-state index contributed by atoms with van der Waals surface area (Å²) in [5, 5.41) is 3.37. The third kappa shape index (κ3) is 3.60. The van der Waals surface area contributed by atoms with Crippen molar-refractivity contribution < 1.29 is 4.74 Å². The fraction of sp³-hybridized carbons (Fsp3) is 0.529. The van der Waals surface area contributed by atoms with Gasteiger partial charge < -0.3 is 10.1 Å². The molecule has 1 aromatic carbocycles. The highest BCUT2D eigenvalue weighted by molar-refractivity contribution is 5.45. The van der Waals surface area contributed by atoms with Crippen LogP contribution in [0, 0.1) is 0 Å². The number of allylic oxidation sites excluding steroid dienone is 1. The van der Waals surface area contributed by atoms with Gasteiger partial charge in [0.15, 0.2) is 0 Å². The predicted molar refractivity (Wildman–Crippen MR) is 80.7 cm³/mol. The third-order valence-corrected chi connectivity index (χ3v) is 3.89. The fourth-order valence-electron chi connectivity index (χ4n) is 2.81. The standard InChI is InChI=1S/C17H25NO/c1-3-4-5-6-7-13-19-17-10-8-9-14-15(17)11-12-16(14)18-2/h3,8-10,16,18H,1,4-7,11-13H2,2H3. The molecule has 19 heavy (non-hydrogen) atoms. The van der Waals surface area contributed by atoms with Crippen molar-refractivity contribution in [2.24, 2.45) is 0 Å². The lowest BCUT2D eigenvalue weighted by Gasteiger charge is -2.13. The summed E-state index contributed by atoms with van der Waals surface area (Å²) in [5.74, 6) is 1.10. The van der Waals surface area contributed by atoms with Crippen molar-refractivity contribution >= 4 is 0 Å². The van der Waals surface area contributed by atoms with Gasteiger partial charge in [0, 0.05) is 6.04 Å². The van der Waals surface area contributed by atoms with Crippen molar-refractivity contribution in [1.29, 1.82) is 0 Å². The minimum Gasteiger partial charge on any atom is -0.493 e. The number of hydrogen-bond acceptors (Lipinski definition) is 2. The number of benzene rings is 1. The Morgan fingerprint density at radius 3 is 3.05 bits per heavy atom. The molecule has 2 heteroatoms. The highest BCUT2D eigenvalue weighted by Gasteiger charge is 2.23. The van der Waals surface area contributed by atoms with Gasteiger partial charge in [-0.3, -0.25) is 0 Å². The second-order valence-corrected chi connectivity index (χ2v) is 5.19. The highest BCUT2D eigenvalue weighted by atomic mass is 16.5. The second kappa shape index (κ2) is 7.34. The summed E-state index contributed by atoms with van der Waals surface area (Å²) in [5.41, 5.74) is 2.83. The average Bonchev–Trinajstić information content (AvgIpc) is 2.86. The zero-order chi connectivity index (χ0) is 13.5. The van der Waals surface area contributed by atoms with Gasteiger partial charge in [-0.25, -0.2) is 0 Å². The summed E-state index contributed by atoms with van der Waals surface area (Å²) in [7, 11) is 2.03. The molecule has 1 aliphatic rings. The number of fused-ring (bicyclic) bond motifs is 1. The van der Waals surface area contributed by atoms with Crippen LogP contribution >= 0.6 is 0 Å². The van der Waals surface area contributed by atoms with Crippen molar-refractivity contribution in [3.05, 3.63) is 42.0 Å². The van der Waals surface area contributed by atoms with E-state index in [0.717, 1.165) is 31.6 Å². The van der Waals surface area contributed by atoms with E-state index in [0.29, 0.717) is 6.04 Å². The average molecular weight is 259 g/mol. The van der Waals surface area contributed by atoms with E-state index in [-0.39, 0.29) is 0 Å². The third-order valence-electron chi connectivity index (χ3n) is 3.89. The van der Waals surface area contributed by atoms with Gasteiger partial charge in [0.05, 0.1) is 6.61 Å². The van der Waals surface area contributed by atoms with Gasteiger partial charge in [0.1, 0.15) is 5.75 Å². The highest BCUT2D eigenvalue weighted by Crippen LogP contribution is 2.36.